The van der Waals surface area contributed by atoms with Crippen molar-refractivity contribution in [1.82, 2.24) is 4.90 Å². The maximum atomic E-state index is 12.6. The van der Waals surface area contributed by atoms with E-state index >= 15 is 0 Å². The van der Waals surface area contributed by atoms with Gasteiger partial charge in [0.2, 0.25) is 0 Å². The van der Waals surface area contributed by atoms with Crippen LogP contribution in [0.5, 0.6) is 5.75 Å². The third kappa shape index (κ3) is 5.01. The summed E-state index contributed by atoms with van der Waals surface area (Å²) in [5.74, 6) is 0.700. The number of carbonyl (C=O) groups is 1. The minimum absolute atomic E-state index is 0.0321. The minimum Gasteiger partial charge on any atom is -0.486 e. The highest BCUT2D eigenvalue weighted by Crippen LogP contribution is 2.30. The van der Waals surface area contributed by atoms with Crippen molar-refractivity contribution >= 4 is 17.5 Å². The monoisotopic (exact) mass is 388 g/mol. The molecule has 1 aliphatic rings. The zero-order valence-corrected chi connectivity index (χ0v) is 16.5. The van der Waals surface area contributed by atoms with Crippen molar-refractivity contribution in [2.24, 2.45) is 5.73 Å². The molecule has 27 heavy (non-hydrogen) atoms. The molecule has 1 saturated heterocycles. The molecule has 0 spiro atoms. The number of ether oxygens (including phenoxy) is 2. The summed E-state index contributed by atoms with van der Waals surface area (Å²) in [6.45, 7) is 6.70. The molecular formula is C21H25ClN2O3. The van der Waals surface area contributed by atoms with Gasteiger partial charge in [0, 0.05) is 30.2 Å². The Balaban J connectivity index is 1.80. The molecule has 3 rings (SSSR count). The molecule has 0 bridgehead atoms. The van der Waals surface area contributed by atoms with Crippen LogP contribution in [0.15, 0.2) is 42.5 Å². The van der Waals surface area contributed by atoms with Crippen LogP contribution in [0.4, 0.5) is 0 Å². The molecule has 1 amide bonds. The minimum atomic E-state index is -0.476. The highest BCUT2D eigenvalue weighted by Gasteiger charge is 2.19. The van der Waals surface area contributed by atoms with E-state index < -0.39 is 5.60 Å². The first-order valence-electron chi connectivity index (χ1n) is 9.05. The second kappa shape index (κ2) is 8.30. The third-order valence-corrected chi connectivity index (χ3v) is 4.74. The summed E-state index contributed by atoms with van der Waals surface area (Å²) in [5, 5.41) is 0.587. The molecule has 0 aliphatic carbocycles. The van der Waals surface area contributed by atoms with Crippen LogP contribution in [0.25, 0.3) is 11.1 Å². The number of hydrogen-bond acceptors (Lipinski definition) is 4. The molecule has 2 aromatic carbocycles. The molecule has 2 aromatic rings. The number of nitrogens with two attached hydrogens (primary N) is 1. The molecule has 1 aliphatic heterocycles. The number of hydrogen-bond donors (Lipinski definition) is 1. The molecule has 0 radical (unpaired) electrons. The molecule has 2 N–H and O–H groups in total. The van der Waals surface area contributed by atoms with E-state index in [1.54, 1.807) is 6.07 Å². The summed E-state index contributed by atoms with van der Waals surface area (Å²) in [4.78, 5) is 14.4. The summed E-state index contributed by atoms with van der Waals surface area (Å²) in [7, 11) is 0. The molecule has 0 saturated carbocycles. The lowest BCUT2D eigenvalue weighted by Gasteiger charge is -2.27. The second-order valence-corrected chi connectivity index (χ2v) is 7.66. The Hall–Kier alpha value is -2.08. The number of halogens is 1. The van der Waals surface area contributed by atoms with E-state index in [0.717, 1.165) is 11.1 Å². The number of rotatable bonds is 5. The van der Waals surface area contributed by atoms with Crippen LogP contribution >= 0.6 is 11.6 Å². The highest BCUT2D eigenvalue weighted by atomic mass is 35.5. The Morgan fingerprint density at radius 2 is 1.81 bits per heavy atom. The topological polar surface area (TPSA) is 64.8 Å². The van der Waals surface area contributed by atoms with Crippen molar-refractivity contribution in [2.45, 2.75) is 19.4 Å². The van der Waals surface area contributed by atoms with Crippen molar-refractivity contribution < 1.29 is 14.3 Å². The quantitative estimate of drug-likeness (QED) is 0.850. The normalized spacial score (nSPS) is 14.9. The smallest absolute Gasteiger partial charge is 0.254 e. The highest BCUT2D eigenvalue weighted by molar-refractivity contribution is 6.31. The van der Waals surface area contributed by atoms with Gasteiger partial charge in [0.1, 0.15) is 11.4 Å². The maximum Gasteiger partial charge on any atom is 0.254 e. The van der Waals surface area contributed by atoms with E-state index in [0.29, 0.717) is 49.2 Å². The Morgan fingerprint density at radius 3 is 2.44 bits per heavy atom. The predicted octanol–water partition coefficient (Wildman–Crippen LogP) is 3.60. The SMILES string of the molecule is CC(C)(CN)Oc1cc(Cl)cc(-c2ccc(C(=O)N3CCOCC3)cc2)c1. The summed E-state index contributed by atoms with van der Waals surface area (Å²) in [6, 6.07) is 13.1. The fourth-order valence-corrected chi connectivity index (χ4v) is 3.13. The average Bonchev–Trinajstić information content (AvgIpc) is 2.67. The van der Waals surface area contributed by atoms with Crippen molar-refractivity contribution in [3.05, 3.63) is 53.1 Å². The lowest BCUT2D eigenvalue weighted by atomic mass is 10.0. The van der Waals surface area contributed by atoms with E-state index in [4.69, 9.17) is 26.8 Å². The number of morpholine rings is 1. The van der Waals surface area contributed by atoms with Gasteiger partial charge in [-0.1, -0.05) is 23.7 Å². The zero-order chi connectivity index (χ0) is 19.4. The molecule has 6 heteroatoms. The summed E-state index contributed by atoms with van der Waals surface area (Å²) in [5.41, 5.74) is 7.83. The molecule has 1 fully saturated rings. The summed E-state index contributed by atoms with van der Waals surface area (Å²) in [6.07, 6.45) is 0. The molecule has 5 nitrogen and oxygen atoms in total. The van der Waals surface area contributed by atoms with Gasteiger partial charge >= 0.3 is 0 Å². The van der Waals surface area contributed by atoms with Crippen LogP contribution in [-0.4, -0.2) is 49.3 Å². The Morgan fingerprint density at radius 1 is 1.15 bits per heavy atom. The van der Waals surface area contributed by atoms with E-state index in [-0.39, 0.29) is 5.91 Å². The van der Waals surface area contributed by atoms with Gasteiger partial charge in [-0.2, -0.15) is 0 Å². The van der Waals surface area contributed by atoms with Crippen molar-refractivity contribution in [2.75, 3.05) is 32.8 Å². The van der Waals surface area contributed by atoms with E-state index in [1.807, 2.05) is 55.1 Å². The first-order chi connectivity index (χ1) is 12.9. The lowest BCUT2D eigenvalue weighted by molar-refractivity contribution is 0.0303. The van der Waals surface area contributed by atoms with Gasteiger partial charge in [-0.15, -0.1) is 0 Å². The van der Waals surface area contributed by atoms with Crippen LogP contribution in [-0.2, 0) is 4.74 Å². The van der Waals surface area contributed by atoms with Crippen molar-refractivity contribution in [3.63, 3.8) is 0 Å². The van der Waals surface area contributed by atoms with E-state index in [1.165, 1.54) is 0 Å². The number of carbonyl (C=O) groups excluding carboxylic acids is 1. The number of nitrogens with zero attached hydrogens (tertiary/aromatic N) is 1. The molecule has 0 atom stereocenters. The molecule has 144 valence electrons. The first kappa shape index (κ1) is 19.7. The molecule has 0 unspecified atom stereocenters. The summed E-state index contributed by atoms with van der Waals surface area (Å²) < 4.78 is 11.3. The van der Waals surface area contributed by atoms with Gasteiger partial charge < -0.3 is 20.1 Å². The number of benzene rings is 2. The predicted molar refractivity (Wildman–Crippen MR) is 107 cm³/mol. The molecule has 1 heterocycles. The largest absolute Gasteiger partial charge is 0.486 e. The van der Waals surface area contributed by atoms with Gasteiger partial charge in [0.25, 0.3) is 5.91 Å². The van der Waals surface area contributed by atoms with E-state index in [9.17, 15) is 4.79 Å². The summed E-state index contributed by atoms with van der Waals surface area (Å²) >= 11 is 6.27. The van der Waals surface area contributed by atoms with Gasteiger partial charge in [-0.25, -0.2) is 0 Å². The Kier molecular flexibility index (Phi) is 6.05. The van der Waals surface area contributed by atoms with Crippen LogP contribution < -0.4 is 10.5 Å². The zero-order valence-electron chi connectivity index (χ0n) is 15.7. The van der Waals surface area contributed by atoms with Crippen LogP contribution in [0.1, 0.15) is 24.2 Å². The van der Waals surface area contributed by atoms with Gasteiger partial charge in [0.15, 0.2) is 0 Å². The maximum absolute atomic E-state index is 12.6. The third-order valence-electron chi connectivity index (χ3n) is 4.52. The Bertz CT molecular complexity index is 800. The molecule has 0 aromatic heterocycles. The van der Waals surface area contributed by atoms with Crippen molar-refractivity contribution in [1.29, 1.82) is 0 Å². The Labute approximate surface area is 165 Å². The average molecular weight is 389 g/mol. The lowest BCUT2D eigenvalue weighted by Crippen LogP contribution is -2.40. The molecular weight excluding hydrogens is 364 g/mol. The van der Waals surface area contributed by atoms with Crippen LogP contribution in [0, 0.1) is 0 Å². The fourth-order valence-electron chi connectivity index (χ4n) is 2.90. The second-order valence-electron chi connectivity index (χ2n) is 7.22. The van der Waals surface area contributed by atoms with Crippen molar-refractivity contribution in [3.8, 4) is 16.9 Å². The standard InChI is InChI=1S/C21H25ClN2O3/c1-21(2,14-23)27-19-12-17(11-18(22)13-19)15-3-5-16(6-4-15)20(25)24-7-9-26-10-8-24/h3-6,11-13H,7-10,14,23H2,1-2H3. The number of amides is 1. The van der Waals surface area contributed by atoms with Gasteiger partial charge in [0.05, 0.1) is 13.2 Å². The van der Waals surface area contributed by atoms with Gasteiger partial charge in [-0.3, -0.25) is 4.79 Å². The van der Waals surface area contributed by atoms with Crippen LogP contribution in [0.3, 0.4) is 0 Å². The van der Waals surface area contributed by atoms with Gasteiger partial charge in [-0.05, 0) is 55.3 Å². The fraction of sp³-hybridized carbons (Fsp3) is 0.381. The van der Waals surface area contributed by atoms with E-state index in [2.05, 4.69) is 0 Å². The first-order valence-corrected chi connectivity index (χ1v) is 9.43. The van der Waals surface area contributed by atoms with Crippen LogP contribution in [0.2, 0.25) is 5.02 Å².